The van der Waals surface area contributed by atoms with E-state index in [-0.39, 0.29) is 51.4 Å². The number of hydrogen-bond donors (Lipinski definition) is 0. The van der Waals surface area contributed by atoms with Crippen LogP contribution in [0.5, 0.6) is 0 Å². The average molecular weight is 173 g/mol. The van der Waals surface area contributed by atoms with Crippen LogP contribution in [0.15, 0.2) is 12.1 Å². The Labute approximate surface area is 99.8 Å². The summed E-state index contributed by atoms with van der Waals surface area (Å²) >= 11 is 0. The van der Waals surface area contributed by atoms with Crippen molar-refractivity contribution in [2.24, 2.45) is 0 Å². The number of hydrogen-bond acceptors (Lipinski definition) is 1. The van der Waals surface area contributed by atoms with Crippen LogP contribution >= 0.6 is 0 Å². The van der Waals surface area contributed by atoms with Gasteiger partial charge in [0, 0.05) is 6.42 Å². The van der Waals surface area contributed by atoms with E-state index in [0.717, 1.165) is 0 Å². The second kappa shape index (κ2) is 5.38. The molecule has 0 N–H and O–H groups in total. The third kappa shape index (κ3) is 5.50. The van der Waals surface area contributed by atoms with E-state index in [9.17, 15) is 12.9 Å². The van der Waals surface area contributed by atoms with Gasteiger partial charge in [-0.1, -0.05) is 0 Å². The Balaban J connectivity index is 0. The van der Waals surface area contributed by atoms with E-state index < -0.39 is 18.9 Å². The fourth-order valence-corrected chi connectivity index (χ4v) is 0.217. The molecule has 0 aromatic heterocycles. The van der Waals surface area contributed by atoms with E-state index in [1.165, 1.54) is 6.07 Å². The Kier molecular flexibility index (Phi) is 7.17. The summed E-state index contributed by atoms with van der Waals surface area (Å²) in [6, 6.07) is 1.37. The molecule has 6 heteroatoms. The molecule has 0 spiro atoms. The number of nitrogens with zero attached hydrogens (tertiary/aromatic N) is 1. The summed E-state index contributed by atoms with van der Waals surface area (Å²) in [5.74, 6) is 0. The molecule has 50 valence electrons. The summed E-state index contributed by atoms with van der Waals surface area (Å²) < 4.78 is 34.3. The minimum Gasteiger partial charge on any atom is -0.445 e. The molecular formula is C4H4BF3KN. The monoisotopic (exact) mass is 173 g/mol. The zero-order chi connectivity index (χ0) is 7.49. The Morgan fingerprint density at radius 3 is 2.00 bits per heavy atom. The maximum atomic E-state index is 11.4. The van der Waals surface area contributed by atoms with E-state index in [1.807, 2.05) is 0 Å². The van der Waals surface area contributed by atoms with Gasteiger partial charge in [0.1, 0.15) is 0 Å². The van der Waals surface area contributed by atoms with Crippen LogP contribution in [0, 0.1) is 11.3 Å². The molecule has 1 nitrogen and oxygen atoms in total. The van der Waals surface area contributed by atoms with Gasteiger partial charge in [0.15, 0.2) is 0 Å². The van der Waals surface area contributed by atoms with Crippen molar-refractivity contribution >= 4 is 6.98 Å². The van der Waals surface area contributed by atoms with Crippen LogP contribution in [0.1, 0.15) is 6.42 Å². The minimum absolute atomic E-state index is 0. The molecule has 0 radical (unpaired) electrons. The zero-order valence-electron chi connectivity index (χ0n) is 5.57. The van der Waals surface area contributed by atoms with Gasteiger partial charge in [0.25, 0.3) is 0 Å². The third-order valence-electron chi connectivity index (χ3n) is 0.769. The predicted octanol–water partition coefficient (Wildman–Crippen LogP) is -1.15. The Morgan fingerprint density at radius 1 is 1.50 bits per heavy atom. The van der Waals surface area contributed by atoms with Gasteiger partial charge in [-0.3, -0.25) is 0 Å². The van der Waals surface area contributed by atoms with Gasteiger partial charge in [-0.25, -0.2) is 0 Å². The van der Waals surface area contributed by atoms with E-state index in [0.29, 0.717) is 0 Å². The average Bonchev–Trinajstić information content (AvgIpc) is 1.64. The quantitative estimate of drug-likeness (QED) is 0.483. The van der Waals surface area contributed by atoms with Crippen molar-refractivity contribution in [3.63, 3.8) is 0 Å². The van der Waals surface area contributed by atoms with Gasteiger partial charge in [0.2, 0.25) is 0 Å². The van der Waals surface area contributed by atoms with E-state index in [4.69, 9.17) is 5.26 Å². The summed E-state index contributed by atoms with van der Waals surface area (Å²) in [7, 11) is 0. The van der Waals surface area contributed by atoms with Crippen molar-refractivity contribution in [3.8, 4) is 6.07 Å². The number of halogens is 3. The van der Waals surface area contributed by atoms with Gasteiger partial charge in [-0.05, 0) is 0 Å². The fourth-order valence-electron chi connectivity index (χ4n) is 0.217. The first-order valence-corrected chi connectivity index (χ1v) is 2.23. The van der Waals surface area contributed by atoms with E-state index >= 15 is 0 Å². The van der Waals surface area contributed by atoms with Crippen LogP contribution in [0.4, 0.5) is 12.9 Å². The molecule has 0 aliphatic heterocycles. The molecule has 0 aromatic carbocycles. The second-order valence-electron chi connectivity index (χ2n) is 1.57. The summed E-state index contributed by atoms with van der Waals surface area (Å²) in [5, 5.41) is 7.80. The van der Waals surface area contributed by atoms with Gasteiger partial charge in [-0.15, -0.1) is 12.1 Å². The van der Waals surface area contributed by atoms with Crippen LogP contribution < -0.4 is 51.4 Å². The van der Waals surface area contributed by atoms with Gasteiger partial charge >= 0.3 is 58.4 Å². The molecule has 0 bridgehead atoms. The zero-order valence-corrected chi connectivity index (χ0v) is 8.70. The second-order valence-corrected chi connectivity index (χ2v) is 1.57. The molecule has 0 fully saturated rings. The van der Waals surface area contributed by atoms with Crippen molar-refractivity contribution in [1.82, 2.24) is 0 Å². The van der Waals surface area contributed by atoms with Crippen LogP contribution in [-0.2, 0) is 0 Å². The molecule has 0 saturated carbocycles. The topological polar surface area (TPSA) is 23.8 Å². The van der Waals surface area contributed by atoms with Crippen molar-refractivity contribution < 1.29 is 64.3 Å². The number of allylic oxidation sites excluding steroid dienone is 1. The SMILES string of the molecule is C=C(CC#N)[B-](F)(F)F.[K+]. The summed E-state index contributed by atoms with van der Waals surface area (Å²) in [4.78, 5) is 0. The largest absolute Gasteiger partial charge is 1.00 e. The molecule has 0 unspecified atom stereocenters. The molecule has 0 aromatic rings. The van der Waals surface area contributed by atoms with Gasteiger partial charge in [-0.2, -0.15) is 5.26 Å². The normalized spacial score (nSPS) is 9.40. The van der Waals surface area contributed by atoms with Crippen molar-refractivity contribution in [1.29, 1.82) is 5.26 Å². The molecule has 0 aliphatic rings. The molecule has 0 rings (SSSR count). The molecule has 0 amide bonds. The molecular weight excluding hydrogens is 169 g/mol. The molecule has 0 aliphatic carbocycles. The number of nitriles is 1. The Hall–Kier alpha value is 0.721. The van der Waals surface area contributed by atoms with Gasteiger partial charge < -0.3 is 12.9 Å². The maximum absolute atomic E-state index is 11.4. The van der Waals surface area contributed by atoms with Crippen LogP contribution in [0.2, 0.25) is 0 Å². The molecule has 0 saturated heterocycles. The molecule has 0 heterocycles. The van der Waals surface area contributed by atoms with Crippen LogP contribution in [0.3, 0.4) is 0 Å². The predicted molar refractivity (Wildman–Crippen MR) is 28.4 cm³/mol. The van der Waals surface area contributed by atoms with Crippen LogP contribution in [-0.4, -0.2) is 6.98 Å². The van der Waals surface area contributed by atoms with E-state index in [1.54, 1.807) is 0 Å². The van der Waals surface area contributed by atoms with Crippen molar-refractivity contribution in [3.05, 3.63) is 12.1 Å². The first-order valence-electron chi connectivity index (χ1n) is 2.23. The Morgan fingerprint density at radius 2 is 1.90 bits per heavy atom. The molecule has 10 heavy (non-hydrogen) atoms. The fraction of sp³-hybridized carbons (Fsp3) is 0.250. The van der Waals surface area contributed by atoms with E-state index in [2.05, 4.69) is 6.58 Å². The maximum Gasteiger partial charge on any atom is 1.00 e. The third-order valence-corrected chi connectivity index (χ3v) is 0.769. The summed E-state index contributed by atoms with van der Waals surface area (Å²) in [5.41, 5.74) is -0.933. The van der Waals surface area contributed by atoms with Gasteiger partial charge in [0.05, 0.1) is 6.07 Å². The number of rotatable bonds is 2. The first-order chi connectivity index (χ1) is 3.98. The Bertz CT molecular complexity index is 159. The summed E-state index contributed by atoms with van der Waals surface area (Å²) in [6.07, 6.45) is -0.622. The molecule has 0 atom stereocenters. The summed E-state index contributed by atoms with van der Waals surface area (Å²) in [6.45, 7) is -2.29. The standard InChI is InChI=1S/C4H4BF3N.K/c1-4(2-3-9)5(6,7)8;/h1-2H2;/q-1;+1. The van der Waals surface area contributed by atoms with Crippen molar-refractivity contribution in [2.75, 3.05) is 0 Å². The smallest absolute Gasteiger partial charge is 0.445 e. The minimum atomic E-state index is -4.99. The first kappa shape index (κ1) is 13.3. The van der Waals surface area contributed by atoms with Crippen LogP contribution in [0.25, 0.3) is 0 Å². The van der Waals surface area contributed by atoms with Crippen molar-refractivity contribution in [2.45, 2.75) is 6.42 Å².